The van der Waals surface area contributed by atoms with Gasteiger partial charge in [-0.15, -0.1) is 0 Å². The van der Waals surface area contributed by atoms with Crippen molar-refractivity contribution < 1.29 is 29.2 Å². The lowest BCUT2D eigenvalue weighted by atomic mass is 10.0. The number of nitrogens with zero attached hydrogens (tertiary/aromatic N) is 1. The summed E-state index contributed by atoms with van der Waals surface area (Å²) in [5.41, 5.74) is 0.221. The van der Waals surface area contributed by atoms with Gasteiger partial charge >= 0.3 is 5.97 Å². The zero-order chi connectivity index (χ0) is 22.3. The van der Waals surface area contributed by atoms with E-state index in [0.29, 0.717) is 23.6 Å². The average Bonchev–Trinajstić information content (AvgIpc) is 2.73. The van der Waals surface area contributed by atoms with Gasteiger partial charge in [0.15, 0.2) is 11.4 Å². The van der Waals surface area contributed by atoms with Crippen LogP contribution in [0.15, 0.2) is 35.3 Å². The normalized spacial score (nSPS) is 10.3. The SMILES string of the molecule is COC.COc1ccc(CCc2nc(C(=O)O)c(O)c3cc[nH]c(=O)c23)c(OC)c1. The van der Waals surface area contributed by atoms with Crippen LogP contribution in [-0.2, 0) is 17.6 Å². The van der Waals surface area contributed by atoms with Crippen molar-refractivity contribution in [2.75, 3.05) is 28.4 Å². The summed E-state index contributed by atoms with van der Waals surface area (Å²) < 4.78 is 14.8. The van der Waals surface area contributed by atoms with Crippen molar-refractivity contribution in [1.82, 2.24) is 9.97 Å². The number of rotatable bonds is 6. The molecule has 0 unspecified atom stereocenters. The second-order valence-electron chi connectivity index (χ2n) is 6.24. The van der Waals surface area contributed by atoms with Crippen LogP contribution in [0.25, 0.3) is 10.8 Å². The van der Waals surface area contributed by atoms with Crippen molar-refractivity contribution in [2.45, 2.75) is 12.8 Å². The van der Waals surface area contributed by atoms with Gasteiger partial charge in [0.1, 0.15) is 11.5 Å². The Balaban J connectivity index is 0.00000101. The van der Waals surface area contributed by atoms with Gasteiger partial charge in [-0.3, -0.25) is 4.79 Å². The Morgan fingerprint density at radius 1 is 1.10 bits per heavy atom. The van der Waals surface area contributed by atoms with Crippen LogP contribution >= 0.6 is 0 Å². The molecule has 2 aromatic heterocycles. The van der Waals surface area contributed by atoms with E-state index in [-0.39, 0.29) is 17.2 Å². The van der Waals surface area contributed by atoms with E-state index < -0.39 is 23.0 Å². The van der Waals surface area contributed by atoms with Crippen molar-refractivity contribution in [2.24, 2.45) is 0 Å². The van der Waals surface area contributed by atoms with Crippen LogP contribution in [0.5, 0.6) is 17.2 Å². The van der Waals surface area contributed by atoms with E-state index in [1.807, 2.05) is 6.07 Å². The number of pyridine rings is 2. The second-order valence-corrected chi connectivity index (χ2v) is 6.24. The van der Waals surface area contributed by atoms with Crippen molar-refractivity contribution in [3.05, 3.63) is 57.8 Å². The van der Waals surface area contributed by atoms with Crippen molar-refractivity contribution >= 4 is 16.7 Å². The summed E-state index contributed by atoms with van der Waals surface area (Å²) in [7, 11) is 6.35. The highest BCUT2D eigenvalue weighted by Gasteiger charge is 2.20. The van der Waals surface area contributed by atoms with Gasteiger partial charge in [-0.2, -0.15) is 0 Å². The molecule has 0 saturated heterocycles. The Bertz CT molecular complexity index is 1090. The number of methoxy groups -OCH3 is 3. The highest BCUT2D eigenvalue weighted by Crippen LogP contribution is 2.29. The Hall–Kier alpha value is -3.59. The van der Waals surface area contributed by atoms with Crippen LogP contribution in [-0.4, -0.2) is 54.6 Å². The number of fused-ring (bicyclic) bond motifs is 1. The smallest absolute Gasteiger partial charge is 0.358 e. The van der Waals surface area contributed by atoms with Gasteiger partial charge < -0.3 is 29.4 Å². The molecule has 160 valence electrons. The number of carbonyl (C=O) groups is 1. The maximum atomic E-state index is 12.3. The number of hydrogen-bond acceptors (Lipinski definition) is 7. The van der Waals surface area contributed by atoms with Crippen LogP contribution in [0, 0.1) is 0 Å². The van der Waals surface area contributed by atoms with Gasteiger partial charge in [0.25, 0.3) is 5.56 Å². The fraction of sp³-hybridized carbons (Fsp3) is 0.286. The lowest BCUT2D eigenvalue weighted by molar-refractivity contribution is 0.0687. The molecular formula is C21H24N2O7. The number of ether oxygens (including phenoxy) is 3. The first kappa shape index (κ1) is 22.7. The molecule has 0 aliphatic heterocycles. The first-order valence-electron chi connectivity index (χ1n) is 8.95. The van der Waals surface area contributed by atoms with E-state index in [9.17, 15) is 19.8 Å². The summed E-state index contributed by atoms with van der Waals surface area (Å²) in [6.45, 7) is 0. The quantitative estimate of drug-likeness (QED) is 0.558. The van der Waals surface area contributed by atoms with Crippen molar-refractivity contribution in [3.8, 4) is 17.2 Å². The van der Waals surface area contributed by atoms with Gasteiger partial charge in [-0.1, -0.05) is 6.07 Å². The van der Waals surface area contributed by atoms with Crippen LogP contribution in [0.2, 0.25) is 0 Å². The maximum absolute atomic E-state index is 12.3. The highest BCUT2D eigenvalue weighted by atomic mass is 16.5. The molecule has 3 rings (SSSR count). The molecule has 0 bridgehead atoms. The van der Waals surface area contributed by atoms with Crippen LogP contribution in [0.1, 0.15) is 21.7 Å². The Labute approximate surface area is 172 Å². The Kier molecular flexibility index (Phi) is 7.76. The highest BCUT2D eigenvalue weighted by molar-refractivity contribution is 5.98. The maximum Gasteiger partial charge on any atom is 0.358 e. The number of hydrogen-bond donors (Lipinski definition) is 3. The molecule has 0 aliphatic rings. The number of aromatic carboxylic acids is 1. The molecule has 9 nitrogen and oxygen atoms in total. The Morgan fingerprint density at radius 3 is 2.40 bits per heavy atom. The number of aromatic nitrogens is 2. The minimum Gasteiger partial charge on any atom is -0.505 e. The zero-order valence-corrected chi connectivity index (χ0v) is 17.2. The molecule has 30 heavy (non-hydrogen) atoms. The summed E-state index contributed by atoms with van der Waals surface area (Å²) in [5.74, 6) is -0.620. The summed E-state index contributed by atoms with van der Waals surface area (Å²) in [6.07, 6.45) is 2.09. The third-order valence-electron chi connectivity index (χ3n) is 4.30. The molecule has 0 radical (unpaired) electrons. The standard InChI is InChI=1S/C19H18N2O6.C2H6O/c1-26-11-5-3-10(14(9-11)27-2)4-6-13-15-12(7-8-20-18(15)23)17(22)16(21-13)19(24)25;1-3-2/h3,5,7-9,22H,4,6H2,1-2H3,(H,20,23)(H,24,25);1-2H3. The fourth-order valence-corrected chi connectivity index (χ4v) is 2.98. The van der Waals surface area contributed by atoms with Gasteiger partial charge in [0.05, 0.1) is 25.3 Å². The summed E-state index contributed by atoms with van der Waals surface area (Å²) in [5, 5.41) is 19.8. The lowest BCUT2D eigenvalue weighted by Gasteiger charge is -2.12. The van der Waals surface area contributed by atoms with E-state index in [0.717, 1.165) is 5.56 Å². The predicted octanol–water partition coefficient (Wildman–Crippen LogP) is 2.39. The number of benzene rings is 1. The molecular weight excluding hydrogens is 392 g/mol. The molecule has 0 aliphatic carbocycles. The molecule has 1 aromatic carbocycles. The number of aromatic hydroxyl groups is 1. The van der Waals surface area contributed by atoms with Crippen molar-refractivity contribution in [1.29, 1.82) is 0 Å². The van der Waals surface area contributed by atoms with E-state index in [1.54, 1.807) is 40.6 Å². The third kappa shape index (κ3) is 4.87. The van der Waals surface area contributed by atoms with Gasteiger partial charge in [0, 0.05) is 31.9 Å². The largest absolute Gasteiger partial charge is 0.505 e. The fourth-order valence-electron chi connectivity index (χ4n) is 2.98. The molecule has 3 aromatic rings. The van der Waals surface area contributed by atoms with Crippen LogP contribution in [0.4, 0.5) is 0 Å². The molecule has 0 spiro atoms. The number of H-pyrrole nitrogens is 1. The monoisotopic (exact) mass is 416 g/mol. The van der Waals surface area contributed by atoms with E-state index in [2.05, 4.69) is 14.7 Å². The number of nitrogens with one attached hydrogen (secondary N) is 1. The summed E-state index contributed by atoms with van der Waals surface area (Å²) in [4.78, 5) is 30.2. The molecule has 2 heterocycles. The second kappa shape index (κ2) is 10.3. The van der Waals surface area contributed by atoms with E-state index in [1.165, 1.54) is 12.3 Å². The van der Waals surface area contributed by atoms with E-state index in [4.69, 9.17) is 9.47 Å². The average molecular weight is 416 g/mol. The summed E-state index contributed by atoms with van der Waals surface area (Å²) >= 11 is 0. The van der Waals surface area contributed by atoms with Crippen LogP contribution < -0.4 is 15.0 Å². The number of aryl methyl sites for hydroxylation is 2. The molecule has 0 saturated carbocycles. The van der Waals surface area contributed by atoms with Crippen LogP contribution in [0.3, 0.4) is 0 Å². The van der Waals surface area contributed by atoms with Crippen molar-refractivity contribution in [3.63, 3.8) is 0 Å². The van der Waals surface area contributed by atoms with Gasteiger partial charge in [-0.25, -0.2) is 9.78 Å². The van der Waals surface area contributed by atoms with Gasteiger partial charge in [-0.05, 0) is 30.5 Å². The predicted molar refractivity (Wildman–Crippen MR) is 111 cm³/mol. The topological polar surface area (TPSA) is 131 Å². The first-order chi connectivity index (χ1) is 14.4. The molecule has 3 N–H and O–H groups in total. The molecule has 0 amide bonds. The summed E-state index contributed by atoms with van der Waals surface area (Å²) in [6, 6.07) is 6.82. The third-order valence-corrected chi connectivity index (χ3v) is 4.30. The molecule has 0 fully saturated rings. The lowest BCUT2D eigenvalue weighted by Crippen LogP contribution is -2.13. The number of carboxylic acids is 1. The molecule has 0 atom stereocenters. The number of carboxylic acid groups (broad SMARTS) is 1. The van der Waals surface area contributed by atoms with E-state index >= 15 is 0 Å². The zero-order valence-electron chi connectivity index (χ0n) is 17.2. The number of aromatic amines is 1. The first-order valence-corrected chi connectivity index (χ1v) is 8.95. The minimum absolute atomic E-state index is 0.155. The van der Waals surface area contributed by atoms with Gasteiger partial charge in [0.2, 0.25) is 0 Å². The Morgan fingerprint density at radius 2 is 1.80 bits per heavy atom. The minimum atomic E-state index is -1.36. The molecule has 9 heteroatoms.